The zero-order chi connectivity index (χ0) is 20.4. The number of anilines is 1. The first-order chi connectivity index (χ1) is 13.4. The Labute approximate surface area is 166 Å². The van der Waals surface area contributed by atoms with Crippen molar-refractivity contribution < 1.29 is 17.9 Å². The van der Waals surface area contributed by atoms with E-state index in [1.807, 2.05) is 37.4 Å². The summed E-state index contributed by atoms with van der Waals surface area (Å²) in [5, 5.41) is 2.86. The highest BCUT2D eigenvalue weighted by molar-refractivity contribution is 7.89. The van der Waals surface area contributed by atoms with E-state index < -0.39 is 10.0 Å². The van der Waals surface area contributed by atoms with Gasteiger partial charge in [-0.25, -0.2) is 13.1 Å². The third kappa shape index (κ3) is 6.63. The van der Waals surface area contributed by atoms with Crippen LogP contribution < -0.4 is 14.9 Å². The van der Waals surface area contributed by atoms with Gasteiger partial charge < -0.3 is 15.0 Å². The van der Waals surface area contributed by atoms with Gasteiger partial charge in [-0.1, -0.05) is 18.2 Å². The third-order valence-electron chi connectivity index (χ3n) is 4.18. The van der Waals surface area contributed by atoms with Crippen LogP contribution in [0, 0.1) is 0 Å². The number of carbonyl (C=O) groups is 1. The second-order valence-electron chi connectivity index (χ2n) is 6.28. The van der Waals surface area contributed by atoms with Crippen molar-refractivity contribution in [2.75, 3.05) is 45.3 Å². The Morgan fingerprint density at radius 1 is 1.04 bits per heavy atom. The van der Waals surface area contributed by atoms with Crippen LogP contribution in [0.3, 0.4) is 0 Å². The van der Waals surface area contributed by atoms with Gasteiger partial charge in [-0.2, -0.15) is 0 Å². The number of ether oxygens (including phenoxy) is 1. The summed E-state index contributed by atoms with van der Waals surface area (Å²) < 4.78 is 31.5. The van der Waals surface area contributed by atoms with Gasteiger partial charge in [0.05, 0.1) is 11.5 Å². The average molecular weight is 406 g/mol. The summed E-state index contributed by atoms with van der Waals surface area (Å²) in [7, 11) is -0.0867. The van der Waals surface area contributed by atoms with Gasteiger partial charge in [0.1, 0.15) is 0 Å². The van der Waals surface area contributed by atoms with E-state index in [2.05, 4.69) is 14.9 Å². The summed E-state index contributed by atoms with van der Waals surface area (Å²) in [5.74, 6) is -0.223. The molecule has 2 rings (SSSR count). The van der Waals surface area contributed by atoms with Crippen LogP contribution in [-0.4, -0.2) is 54.7 Å². The molecule has 2 aromatic rings. The minimum absolute atomic E-state index is 0.115. The lowest BCUT2D eigenvalue weighted by Crippen LogP contribution is -2.28. The van der Waals surface area contributed by atoms with Gasteiger partial charge in [0.2, 0.25) is 10.0 Å². The first-order valence-corrected chi connectivity index (χ1v) is 10.6. The number of benzene rings is 2. The molecule has 8 heteroatoms. The zero-order valence-electron chi connectivity index (χ0n) is 16.2. The first kappa shape index (κ1) is 21.9. The molecule has 0 aliphatic rings. The monoisotopic (exact) mass is 405 g/mol. The predicted molar refractivity (Wildman–Crippen MR) is 110 cm³/mol. The highest BCUT2D eigenvalue weighted by atomic mass is 32.2. The maximum atomic E-state index is 12.2. The number of sulfonamides is 1. The smallest absolute Gasteiger partial charge is 0.251 e. The number of methoxy groups -OCH3 is 1. The molecular formula is C20H27N3O4S. The first-order valence-electron chi connectivity index (χ1n) is 9.07. The molecule has 0 aromatic heterocycles. The quantitative estimate of drug-likeness (QED) is 0.557. The number of carbonyl (C=O) groups excluding carboxylic acids is 1. The van der Waals surface area contributed by atoms with Crippen molar-refractivity contribution in [2.45, 2.75) is 11.3 Å². The van der Waals surface area contributed by atoms with Crippen LogP contribution >= 0.6 is 0 Å². The van der Waals surface area contributed by atoms with E-state index in [1.165, 1.54) is 31.4 Å². The number of nitrogens with zero attached hydrogens (tertiary/aromatic N) is 1. The highest BCUT2D eigenvalue weighted by Crippen LogP contribution is 2.12. The van der Waals surface area contributed by atoms with Crippen LogP contribution in [-0.2, 0) is 14.8 Å². The second-order valence-corrected chi connectivity index (χ2v) is 8.05. The summed E-state index contributed by atoms with van der Waals surface area (Å²) in [6.07, 6.45) is 0.799. The van der Waals surface area contributed by atoms with E-state index in [9.17, 15) is 13.2 Å². The Kier molecular flexibility index (Phi) is 8.43. The number of hydrogen-bond donors (Lipinski definition) is 2. The van der Waals surface area contributed by atoms with Crippen molar-refractivity contribution in [3.63, 3.8) is 0 Å². The van der Waals surface area contributed by atoms with Crippen LogP contribution in [0.4, 0.5) is 5.69 Å². The van der Waals surface area contributed by atoms with Gasteiger partial charge in [-0.3, -0.25) is 4.79 Å². The molecule has 152 valence electrons. The largest absolute Gasteiger partial charge is 0.383 e. The van der Waals surface area contributed by atoms with E-state index in [0.717, 1.165) is 18.7 Å². The van der Waals surface area contributed by atoms with Crippen LogP contribution in [0.1, 0.15) is 16.8 Å². The maximum absolute atomic E-state index is 12.2. The Morgan fingerprint density at radius 2 is 1.71 bits per heavy atom. The lowest BCUT2D eigenvalue weighted by Gasteiger charge is -2.19. The van der Waals surface area contributed by atoms with E-state index in [1.54, 1.807) is 0 Å². The summed E-state index contributed by atoms with van der Waals surface area (Å²) in [4.78, 5) is 14.5. The highest BCUT2D eigenvalue weighted by Gasteiger charge is 2.14. The molecule has 0 spiro atoms. The van der Waals surface area contributed by atoms with Gasteiger partial charge in [-0.05, 0) is 42.8 Å². The second kappa shape index (κ2) is 10.8. The molecule has 0 saturated carbocycles. The fourth-order valence-electron chi connectivity index (χ4n) is 2.58. The fourth-order valence-corrected chi connectivity index (χ4v) is 3.59. The van der Waals surface area contributed by atoms with E-state index in [-0.39, 0.29) is 17.3 Å². The molecule has 0 bridgehead atoms. The molecule has 0 radical (unpaired) electrons. The standard InChI is InChI=1S/C20H27N3O4S/c1-23(18-7-4-3-5-8-18)15-6-13-21-20(24)17-9-11-19(12-10-17)28(25,26)22-14-16-27-2/h3-5,7-12,22H,6,13-16H2,1-2H3,(H,21,24). The molecule has 0 unspecified atom stereocenters. The normalized spacial score (nSPS) is 11.2. The van der Waals surface area contributed by atoms with E-state index in [4.69, 9.17) is 4.74 Å². The Hall–Kier alpha value is -2.42. The number of rotatable bonds is 11. The molecule has 2 aromatic carbocycles. The SMILES string of the molecule is COCCNS(=O)(=O)c1ccc(C(=O)NCCCN(C)c2ccccc2)cc1. The summed E-state index contributed by atoms with van der Waals surface area (Å²) in [6, 6.07) is 15.9. The average Bonchev–Trinajstić information content (AvgIpc) is 2.71. The molecule has 0 atom stereocenters. The molecule has 0 aliphatic carbocycles. The molecule has 0 aliphatic heterocycles. The topological polar surface area (TPSA) is 87.7 Å². The van der Waals surface area contributed by atoms with Gasteiger partial charge in [0.15, 0.2) is 0 Å². The Morgan fingerprint density at radius 3 is 2.36 bits per heavy atom. The number of para-hydroxylation sites is 1. The predicted octanol–water partition coefficient (Wildman–Crippen LogP) is 1.87. The van der Waals surface area contributed by atoms with Gasteiger partial charge >= 0.3 is 0 Å². The fraction of sp³-hybridized carbons (Fsp3) is 0.350. The minimum atomic E-state index is -3.60. The Bertz CT molecular complexity index is 840. The molecule has 1 amide bonds. The molecule has 7 nitrogen and oxygen atoms in total. The van der Waals surface area contributed by atoms with Gasteiger partial charge in [0, 0.05) is 45.0 Å². The van der Waals surface area contributed by atoms with Crippen molar-refractivity contribution in [1.29, 1.82) is 0 Å². The molecule has 0 heterocycles. The van der Waals surface area contributed by atoms with E-state index >= 15 is 0 Å². The molecule has 28 heavy (non-hydrogen) atoms. The van der Waals surface area contributed by atoms with Crippen LogP contribution in [0.15, 0.2) is 59.5 Å². The Balaban J connectivity index is 1.79. The van der Waals surface area contributed by atoms with Crippen molar-refractivity contribution >= 4 is 21.6 Å². The van der Waals surface area contributed by atoms with Crippen LogP contribution in [0.25, 0.3) is 0 Å². The number of nitrogens with one attached hydrogen (secondary N) is 2. The lowest BCUT2D eigenvalue weighted by molar-refractivity contribution is 0.0953. The number of hydrogen-bond acceptors (Lipinski definition) is 5. The van der Waals surface area contributed by atoms with Crippen molar-refractivity contribution in [3.05, 3.63) is 60.2 Å². The number of amides is 1. The van der Waals surface area contributed by atoms with Crippen LogP contribution in [0.2, 0.25) is 0 Å². The molecule has 2 N–H and O–H groups in total. The zero-order valence-corrected chi connectivity index (χ0v) is 17.0. The van der Waals surface area contributed by atoms with Crippen molar-refractivity contribution in [1.82, 2.24) is 10.0 Å². The molecule has 0 saturated heterocycles. The summed E-state index contributed by atoms with van der Waals surface area (Å²) in [5.41, 5.74) is 1.55. The van der Waals surface area contributed by atoms with Crippen LogP contribution in [0.5, 0.6) is 0 Å². The maximum Gasteiger partial charge on any atom is 0.251 e. The summed E-state index contributed by atoms with van der Waals surface area (Å²) >= 11 is 0. The van der Waals surface area contributed by atoms with Crippen molar-refractivity contribution in [2.24, 2.45) is 0 Å². The van der Waals surface area contributed by atoms with Gasteiger partial charge in [-0.15, -0.1) is 0 Å². The minimum Gasteiger partial charge on any atom is -0.383 e. The third-order valence-corrected chi connectivity index (χ3v) is 5.65. The molecule has 0 fully saturated rings. The summed E-state index contributed by atoms with van der Waals surface area (Å²) in [6.45, 7) is 1.83. The van der Waals surface area contributed by atoms with Crippen molar-refractivity contribution in [3.8, 4) is 0 Å². The van der Waals surface area contributed by atoms with Gasteiger partial charge in [0.25, 0.3) is 5.91 Å². The lowest BCUT2D eigenvalue weighted by atomic mass is 10.2. The van der Waals surface area contributed by atoms with E-state index in [0.29, 0.717) is 18.7 Å². The molecular weight excluding hydrogens is 378 g/mol.